The number of rotatable bonds is 6. The summed E-state index contributed by atoms with van der Waals surface area (Å²) in [5.74, 6) is 0.735. The molecule has 2 N–H and O–H groups in total. The van der Waals surface area contributed by atoms with Crippen LogP contribution in [0.5, 0.6) is 5.75 Å². The highest BCUT2D eigenvalue weighted by molar-refractivity contribution is 5.51. The molecule has 2 rings (SSSR count). The zero-order valence-corrected chi connectivity index (χ0v) is 13.1. The van der Waals surface area contributed by atoms with Crippen molar-refractivity contribution in [3.63, 3.8) is 0 Å². The highest BCUT2D eigenvalue weighted by Crippen LogP contribution is 2.24. The number of benzene rings is 1. The Bertz CT molecular complexity index is 620. The number of aryl methyl sites for hydroxylation is 2. The Morgan fingerprint density at radius 1 is 1.33 bits per heavy atom. The lowest BCUT2D eigenvalue weighted by Gasteiger charge is -2.12. The second-order valence-corrected chi connectivity index (χ2v) is 5.04. The van der Waals surface area contributed by atoms with Crippen LogP contribution < -0.4 is 10.1 Å². The van der Waals surface area contributed by atoms with Crippen molar-refractivity contribution in [3.8, 4) is 5.75 Å². The number of hydrogen-bond donors (Lipinski definition) is 2. The van der Waals surface area contributed by atoms with E-state index < -0.39 is 0 Å². The van der Waals surface area contributed by atoms with Crippen molar-refractivity contribution < 1.29 is 9.84 Å². The van der Waals surface area contributed by atoms with Gasteiger partial charge in [-0.25, -0.2) is 0 Å². The number of aliphatic hydroxyl groups excluding tert-OH is 1. The Hall–Kier alpha value is -2.01. The molecule has 1 aromatic heterocycles. The fourth-order valence-electron chi connectivity index (χ4n) is 2.37. The molecule has 0 atom stereocenters. The molecule has 0 aliphatic rings. The fourth-order valence-corrected chi connectivity index (χ4v) is 2.37. The number of aromatic nitrogens is 2. The maximum Gasteiger partial charge on any atom is 0.124 e. The Balaban J connectivity index is 2.13. The second-order valence-electron chi connectivity index (χ2n) is 5.04. The van der Waals surface area contributed by atoms with Gasteiger partial charge in [0, 0.05) is 36.1 Å². The summed E-state index contributed by atoms with van der Waals surface area (Å²) < 4.78 is 7.38. The van der Waals surface area contributed by atoms with Gasteiger partial charge in [-0.3, -0.25) is 4.68 Å². The molecule has 0 bridgehead atoms. The van der Waals surface area contributed by atoms with Crippen LogP contribution in [0.1, 0.15) is 29.4 Å². The minimum Gasteiger partial charge on any atom is -0.494 e. The van der Waals surface area contributed by atoms with Crippen molar-refractivity contribution in [3.05, 3.63) is 40.7 Å². The zero-order valence-electron chi connectivity index (χ0n) is 13.1. The lowest BCUT2D eigenvalue weighted by molar-refractivity contribution is 0.267. The van der Waals surface area contributed by atoms with E-state index in [-0.39, 0.29) is 6.61 Å². The minimum atomic E-state index is -0.0319. The maximum atomic E-state index is 9.43. The first-order chi connectivity index (χ1) is 10.1. The molecule has 1 aromatic carbocycles. The molecular formula is C16H23N3O2. The Kier molecular flexibility index (Phi) is 4.85. The van der Waals surface area contributed by atoms with Crippen molar-refractivity contribution in [1.82, 2.24) is 9.78 Å². The summed E-state index contributed by atoms with van der Waals surface area (Å²) >= 11 is 0. The van der Waals surface area contributed by atoms with Gasteiger partial charge in [0.25, 0.3) is 0 Å². The first-order valence-electron chi connectivity index (χ1n) is 7.16. The number of hydrogen-bond acceptors (Lipinski definition) is 4. The molecule has 5 heteroatoms. The molecule has 2 aromatic rings. The predicted octanol–water partition coefficient (Wildman–Crippen LogP) is 2.54. The first kappa shape index (κ1) is 15.4. The van der Waals surface area contributed by atoms with Crippen LogP contribution in [0.4, 0.5) is 5.69 Å². The maximum absolute atomic E-state index is 9.43. The molecule has 0 saturated heterocycles. The van der Waals surface area contributed by atoms with Gasteiger partial charge in [-0.2, -0.15) is 5.10 Å². The number of anilines is 1. The van der Waals surface area contributed by atoms with E-state index in [9.17, 15) is 5.11 Å². The van der Waals surface area contributed by atoms with Crippen LogP contribution in [0.2, 0.25) is 0 Å². The smallest absolute Gasteiger partial charge is 0.124 e. The van der Waals surface area contributed by atoms with Crippen LogP contribution in [0.3, 0.4) is 0 Å². The molecule has 0 aliphatic carbocycles. The molecule has 5 nitrogen and oxygen atoms in total. The molecule has 0 radical (unpaired) electrons. The Labute approximate surface area is 125 Å². The standard InChI is InChI=1S/C16H23N3O2/c1-5-21-16-7-6-14(8-13(16)10-20)17-9-15-11(2)18-19(4)12(15)3/h6-8,17,20H,5,9-10H2,1-4H3. The Morgan fingerprint density at radius 3 is 2.67 bits per heavy atom. The molecule has 0 unspecified atom stereocenters. The Morgan fingerprint density at radius 2 is 2.10 bits per heavy atom. The first-order valence-corrected chi connectivity index (χ1v) is 7.16. The van der Waals surface area contributed by atoms with E-state index in [4.69, 9.17) is 4.74 Å². The van der Waals surface area contributed by atoms with E-state index in [2.05, 4.69) is 17.3 Å². The monoisotopic (exact) mass is 289 g/mol. The van der Waals surface area contributed by atoms with Gasteiger partial charge >= 0.3 is 0 Å². The normalized spacial score (nSPS) is 10.7. The third-order valence-electron chi connectivity index (χ3n) is 3.66. The van der Waals surface area contributed by atoms with E-state index in [1.807, 2.05) is 43.8 Å². The van der Waals surface area contributed by atoms with Crippen LogP contribution in [-0.4, -0.2) is 21.5 Å². The van der Waals surface area contributed by atoms with Gasteiger partial charge in [0.05, 0.1) is 18.9 Å². The lowest BCUT2D eigenvalue weighted by Crippen LogP contribution is -2.04. The van der Waals surface area contributed by atoms with E-state index in [0.717, 1.165) is 28.4 Å². The van der Waals surface area contributed by atoms with Crippen LogP contribution >= 0.6 is 0 Å². The van der Waals surface area contributed by atoms with Gasteiger partial charge < -0.3 is 15.2 Å². The lowest BCUT2D eigenvalue weighted by atomic mass is 10.1. The predicted molar refractivity (Wildman–Crippen MR) is 83.5 cm³/mol. The molecule has 0 saturated carbocycles. The van der Waals surface area contributed by atoms with Gasteiger partial charge in [0.15, 0.2) is 0 Å². The van der Waals surface area contributed by atoms with Crippen LogP contribution in [0.15, 0.2) is 18.2 Å². The van der Waals surface area contributed by atoms with Crippen molar-refractivity contribution in [2.45, 2.75) is 33.9 Å². The van der Waals surface area contributed by atoms with Gasteiger partial charge in [-0.05, 0) is 39.0 Å². The fraction of sp³-hybridized carbons (Fsp3) is 0.438. The summed E-state index contributed by atoms with van der Waals surface area (Å²) in [5, 5.41) is 17.2. The topological polar surface area (TPSA) is 59.3 Å². The third kappa shape index (κ3) is 3.36. The van der Waals surface area contributed by atoms with Gasteiger partial charge in [-0.15, -0.1) is 0 Å². The molecule has 0 aliphatic heterocycles. The summed E-state index contributed by atoms with van der Waals surface area (Å²) in [7, 11) is 1.95. The average Bonchev–Trinajstić information content (AvgIpc) is 2.71. The number of nitrogens with one attached hydrogen (secondary N) is 1. The van der Waals surface area contributed by atoms with E-state index in [1.165, 1.54) is 5.56 Å². The van der Waals surface area contributed by atoms with Crippen molar-refractivity contribution in [1.29, 1.82) is 0 Å². The zero-order chi connectivity index (χ0) is 15.4. The molecule has 0 amide bonds. The average molecular weight is 289 g/mol. The number of nitrogens with zero attached hydrogens (tertiary/aromatic N) is 2. The van der Waals surface area contributed by atoms with Crippen LogP contribution in [0, 0.1) is 13.8 Å². The summed E-state index contributed by atoms with van der Waals surface area (Å²) in [4.78, 5) is 0. The van der Waals surface area contributed by atoms with E-state index in [0.29, 0.717) is 13.2 Å². The van der Waals surface area contributed by atoms with Crippen molar-refractivity contribution in [2.24, 2.45) is 7.05 Å². The summed E-state index contributed by atoms with van der Waals surface area (Å²) in [5.41, 5.74) is 5.16. The van der Waals surface area contributed by atoms with E-state index in [1.54, 1.807) is 0 Å². The second kappa shape index (κ2) is 6.63. The van der Waals surface area contributed by atoms with Gasteiger partial charge in [-0.1, -0.05) is 0 Å². The summed E-state index contributed by atoms with van der Waals surface area (Å²) in [6.07, 6.45) is 0. The molecular weight excluding hydrogens is 266 g/mol. The van der Waals surface area contributed by atoms with Crippen LogP contribution in [-0.2, 0) is 20.2 Å². The molecule has 0 spiro atoms. The van der Waals surface area contributed by atoms with Gasteiger partial charge in [0.1, 0.15) is 5.75 Å². The minimum absolute atomic E-state index is 0.0319. The summed E-state index contributed by atoms with van der Waals surface area (Å²) in [6.45, 7) is 7.28. The highest BCUT2D eigenvalue weighted by atomic mass is 16.5. The molecule has 1 heterocycles. The van der Waals surface area contributed by atoms with Crippen LogP contribution in [0.25, 0.3) is 0 Å². The van der Waals surface area contributed by atoms with E-state index >= 15 is 0 Å². The SMILES string of the molecule is CCOc1ccc(NCc2c(C)nn(C)c2C)cc1CO. The highest BCUT2D eigenvalue weighted by Gasteiger charge is 2.09. The van der Waals surface area contributed by atoms with Gasteiger partial charge in [0.2, 0.25) is 0 Å². The van der Waals surface area contributed by atoms with Crippen molar-refractivity contribution >= 4 is 5.69 Å². The molecule has 0 fully saturated rings. The third-order valence-corrected chi connectivity index (χ3v) is 3.66. The number of aliphatic hydroxyl groups is 1. The number of ether oxygens (including phenoxy) is 1. The molecule has 21 heavy (non-hydrogen) atoms. The largest absolute Gasteiger partial charge is 0.494 e. The van der Waals surface area contributed by atoms with Crippen molar-refractivity contribution in [2.75, 3.05) is 11.9 Å². The molecule has 114 valence electrons. The summed E-state index contributed by atoms with van der Waals surface area (Å²) in [6, 6.07) is 5.78. The quantitative estimate of drug-likeness (QED) is 0.858.